The minimum absolute atomic E-state index is 0.284. The van der Waals surface area contributed by atoms with Gasteiger partial charge in [-0.3, -0.25) is 0 Å². The fourth-order valence-corrected chi connectivity index (χ4v) is 2.12. The van der Waals surface area contributed by atoms with Crippen LogP contribution in [0, 0.1) is 0 Å². The number of ether oxygens (including phenoxy) is 2. The van der Waals surface area contributed by atoms with Gasteiger partial charge in [0.2, 0.25) is 0 Å². The number of methoxy groups -OCH3 is 1. The zero-order valence-electron chi connectivity index (χ0n) is 10.6. The van der Waals surface area contributed by atoms with E-state index in [9.17, 15) is 0 Å². The van der Waals surface area contributed by atoms with Crippen LogP contribution in [0.1, 0.15) is 19.4 Å². The summed E-state index contributed by atoms with van der Waals surface area (Å²) in [5, 5.41) is 9.08. The molecule has 96 valence electrons. The van der Waals surface area contributed by atoms with E-state index in [2.05, 4.69) is 39.1 Å². The first kappa shape index (κ1) is 13.2. The second-order valence-electron chi connectivity index (χ2n) is 3.94. The molecular formula is C13H15BrN2O2. The van der Waals surface area contributed by atoms with E-state index in [1.165, 1.54) is 0 Å². The summed E-state index contributed by atoms with van der Waals surface area (Å²) in [7, 11) is 1.62. The molecule has 0 saturated heterocycles. The van der Waals surface area contributed by atoms with Gasteiger partial charge in [0.25, 0.3) is 0 Å². The summed E-state index contributed by atoms with van der Waals surface area (Å²) < 4.78 is 11.8. The summed E-state index contributed by atoms with van der Waals surface area (Å²) in [5.41, 5.74) is 1.93. The van der Waals surface area contributed by atoms with Gasteiger partial charge in [0.15, 0.2) is 6.29 Å². The molecule has 18 heavy (non-hydrogen) atoms. The second-order valence-corrected chi connectivity index (χ2v) is 4.80. The van der Waals surface area contributed by atoms with Crippen LogP contribution in [0.5, 0.6) is 5.75 Å². The van der Waals surface area contributed by atoms with Crippen molar-refractivity contribution in [3.05, 3.63) is 28.4 Å². The molecule has 0 saturated carbocycles. The molecule has 2 rings (SSSR count). The van der Waals surface area contributed by atoms with Crippen molar-refractivity contribution < 1.29 is 9.47 Å². The van der Waals surface area contributed by atoms with E-state index in [4.69, 9.17) is 9.47 Å². The van der Waals surface area contributed by atoms with Gasteiger partial charge < -0.3 is 9.47 Å². The van der Waals surface area contributed by atoms with E-state index < -0.39 is 0 Å². The van der Waals surface area contributed by atoms with Crippen LogP contribution in [0.25, 0.3) is 10.9 Å². The average Bonchev–Trinajstić information content (AvgIpc) is 2.38. The topological polar surface area (TPSA) is 44.2 Å². The van der Waals surface area contributed by atoms with Crippen LogP contribution in [-0.2, 0) is 11.2 Å². The van der Waals surface area contributed by atoms with Crippen LogP contribution in [0.2, 0.25) is 0 Å². The smallest absolute Gasteiger partial charge is 0.196 e. The number of hydrogen-bond acceptors (Lipinski definition) is 4. The highest BCUT2D eigenvalue weighted by molar-refractivity contribution is 9.10. The molecular weight excluding hydrogens is 296 g/mol. The van der Waals surface area contributed by atoms with Crippen LogP contribution in [-0.4, -0.2) is 23.6 Å². The molecule has 1 heterocycles. The molecule has 2 aromatic rings. The predicted molar refractivity (Wildman–Crippen MR) is 73.7 cm³/mol. The molecule has 0 aliphatic rings. The molecule has 0 fully saturated rings. The van der Waals surface area contributed by atoms with E-state index in [0.717, 1.165) is 33.1 Å². The van der Waals surface area contributed by atoms with Gasteiger partial charge >= 0.3 is 0 Å². The van der Waals surface area contributed by atoms with Crippen molar-refractivity contribution in [1.29, 1.82) is 0 Å². The lowest BCUT2D eigenvalue weighted by Gasteiger charge is -2.16. The number of benzene rings is 1. The Kier molecular flexibility index (Phi) is 4.14. The summed E-state index contributed by atoms with van der Waals surface area (Å²) in [6.45, 7) is 3.95. The fourth-order valence-electron chi connectivity index (χ4n) is 1.71. The largest absolute Gasteiger partial charge is 0.465 e. The highest BCUT2D eigenvalue weighted by atomic mass is 79.9. The van der Waals surface area contributed by atoms with Gasteiger partial charge in [0.05, 0.1) is 11.7 Å². The van der Waals surface area contributed by atoms with Crippen molar-refractivity contribution in [2.24, 2.45) is 0 Å². The first-order valence-corrected chi connectivity index (χ1v) is 6.58. The van der Waals surface area contributed by atoms with Crippen LogP contribution in [0.15, 0.2) is 22.8 Å². The average molecular weight is 311 g/mol. The second kappa shape index (κ2) is 5.63. The Morgan fingerprint density at radius 1 is 1.39 bits per heavy atom. The molecule has 1 unspecified atom stereocenters. The molecule has 1 atom stereocenters. The summed E-state index contributed by atoms with van der Waals surface area (Å²) >= 11 is 3.48. The number of aryl methyl sites for hydroxylation is 1. The molecule has 1 aromatic heterocycles. The van der Waals surface area contributed by atoms with Gasteiger partial charge in [0, 0.05) is 23.0 Å². The minimum Gasteiger partial charge on any atom is -0.465 e. The molecule has 0 aliphatic carbocycles. The standard InChI is InChI=1S/C13H15BrN2O2/c1-4-9-5-10-11(14)7-15-16-12(10)6-13(9)18-8(2)17-3/h5-8H,4H2,1-3H3. The normalized spacial score (nSPS) is 12.7. The highest BCUT2D eigenvalue weighted by Gasteiger charge is 2.11. The summed E-state index contributed by atoms with van der Waals surface area (Å²) in [6.07, 6.45) is 2.30. The number of rotatable bonds is 4. The lowest BCUT2D eigenvalue weighted by Crippen LogP contribution is -2.14. The number of hydrogen-bond donors (Lipinski definition) is 0. The van der Waals surface area contributed by atoms with Crippen molar-refractivity contribution in [1.82, 2.24) is 10.2 Å². The first-order chi connectivity index (χ1) is 8.65. The minimum atomic E-state index is -0.284. The van der Waals surface area contributed by atoms with Gasteiger partial charge in [0.1, 0.15) is 5.75 Å². The lowest BCUT2D eigenvalue weighted by molar-refractivity contribution is -0.0387. The molecule has 1 aromatic carbocycles. The zero-order valence-corrected chi connectivity index (χ0v) is 12.2. The number of fused-ring (bicyclic) bond motifs is 1. The van der Waals surface area contributed by atoms with Gasteiger partial charge in [-0.25, -0.2) is 0 Å². The van der Waals surface area contributed by atoms with E-state index in [1.54, 1.807) is 13.3 Å². The van der Waals surface area contributed by atoms with Gasteiger partial charge in [-0.05, 0) is 40.9 Å². The molecule has 0 radical (unpaired) electrons. The maximum atomic E-state index is 5.73. The van der Waals surface area contributed by atoms with Crippen LogP contribution in [0.3, 0.4) is 0 Å². The van der Waals surface area contributed by atoms with Gasteiger partial charge in [-0.1, -0.05) is 6.92 Å². The van der Waals surface area contributed by atoms with Crippen LogP contribution < -0.4 is 4.74 Å². The summed E-state index contributed by atoms with van der Waals surface area (Å²) in [6, 6.07) is 3.98. The van der Waals surface area contributed by atoms with Gasteiger partial charge in [-0.2, -0.15) is 10.2 Å². The van der Waals surface area contributed by atoms with Crippen molar-refractivity contribution in [3.8, 4) is 5.75 Å². The summed E-state index contributed by atoms with van der Waals surface area (Å²) in [4.78, 5) is 0. The molecule has 0 spiro atoms. The van der Waals surface area contributed by atoms with Crippen molar-refractivity contribution >= 4 is 26.8 Å². The Morgan fingerprint density at radius 3 is 2.83 bits per heavy atom. The molecule has 0 bridgehead atoms. The van der Waals surface area contributed by atoms with Crippen LogP contribution >= 0.6 is 15.9 Å². The Morgan fingerprint density at radius 2 is 2.17 bits per heavy atom. The molecule has 0 amide bonds. The highest BCUT2D eigenvalue weighted by Crippen LogP contribution is 2.29. The lowest BCUT2D eigenvalue weighted by atomic mass is 10.1. The Hall–Kier alpha value is -1.20. The molecule has 0 N–H and O–H groups in total. The Bertz CT molecular complexity index is 560. The monoisotopic (exact) mass is 310 g/mol. The zero-order chi connectivity index (χ0) is 13.1. The number of nitrogens with zero attached hydrogens (tertiary/aromatic N) is 2. The third-order valence-corrected chi connectivity index (χ3v) is 3.41. The van der Waals surface area contributed by atoms with E-state index >= 15 is 0 Å². The maximum Gasteiger partial charge on any atom is 0.196 e. The van der Waals surface area contributed by atoms with Crippen LogP contribution in [0.4, 0.5) is 0 Å². The van der Waals surface area contributed by atoms with Crippen molar-refractivity contribution in [2.45, 2.75) is 26.6 Å². The molecule has 4 nitrogen and oxygen atoms in total. The quantitative estimate of drug-likeness (QED) is 0.813. The Balaban J connectivity index is 2.52. The Labute approximate surface area is 114 Å². The van der Waals surface area contributed by atoms with Crippen molar-refractivity contribution in [2.75, 3.05) is 7.11 Å². The number of aromatic nitrogens is 2. The third-order valence-electron chi connectivity index (χ3n) is 2.78. The van der Waals surface area contributed by atoms with E-state index in [1.807, 2.05) is 13.0 Å². The maximum absolute atomic E-state index is 5.73. The molecule has 5 heteroatoms. The molecule has 0 aliphatic heterocycles. The van der Waals surface area contributed by atoms with E-state index in [0.29, 0.717) is 0 Å². The van der Waals surface area contributed by atoms with Crippen molar-refractivity contribution in [3.63, 3.8) is 0 Å². The van der Waals surface area contributed by atoms with Gasteiger partial charge in [-0.15, -0.1) is 0 Å². The third kappa shape index (κ3) is 2.62. The first-order valence-electron chi connectivity index (χ1n) is 5.79. The number of halogens is 1. The predicted octanol–water partition coefficient (Wildman–Crippen LogP) is 3.33. The summed E-state index contributed by atoms with van der Waals surface area (Å²) in [5.74, 6) is 0.798. The fraction of sp³-hybridized carbons (Fsp3) is 0.385. The van der Waals surface area contributed by atoms with E-state index in [-0.39, 0.29) is 6.29 Å². The SMILES string of the molecule is CCc1cc2c(Br)cnnc2cc1OC(C)OC.